The number of methoxy groups -OCH3 is 1. The molecule has 114 valence electrons. The molecule has 2 aromatic rings. The van der Waals surface area contributed by atoms with Crippen molar-refractivity contribution in [3.05, 3.63) is 53.2 Å². The number of hydrogen-bond donors (Lipinski definition) is 1. The molecule has 0 spiro atoms. The van der Waals surface area contributed by atoms with Gasteiger partial charge >= 0.3 is 5.97 Å². The zero-order chi connectivity index (χ0) is 16.1. The van der Waals surface area contributed by atoms with E-state index in [0.717, 1.165) is 22.2 Å². The summed E-state index contributed by atoms with van der Waals surface area (Å²) in [5.74, 6) is -0.648. The maximum Gasteiger partial charge on any atom is 0.330 e. The molecular formula is C17H18N2O3. The third-order valence-electron chi connectivity index (χ3n) is 3.17. The van der Waals surface area contributed by atoms with E-state index in [1.807, 2.05) is 32.0 Å². The van der Waals surface area contributed by atoms with Crippen LogP contribution in [0.15, 0.2) is 36.4 Å². The topological polar surface area (TPSA) is 68.3 Å². The quantitative estimate of drug-likeness (QED) is 0.694. The van der Waals surface area contributed by atoms with Gasteiger partial charge in [-0.3, -0.25) is 9.78 Å². The number of pyridine rings is 1. The number of carbonyl (C=O) groups excluding carboxylic acids is 2. The summed E-state index contributed by atoms with van der Waals surface area (Å²) >= 11 is 0. The van der Waals surface area contributed by atoms with E-state index >= 15 is 0 Å². The Balaban J connectivity index is 2.22. The van der Waals surface area contributed by atoms with E-state index in [0.29, 0.717) is 5.56 Å². The highest BCUT2D eigenvalue weighted by molar-refractivity contribution is 6.06. The van der Waals surface area contributed by atoms with Crippen molar-refractivity contribution in [1.82, 2.24) is 10.3 Å². The average Bonchev–Trinajstić information content (AvgIpc) is 2.50. The van der Waals surface area contributed by atoms with E-state index in [-0.39, 0.29) is 12.5 Å². The number of aromatic nitrogens is 1. The first kappa shape index (κ1) is 15.7. The molecule has 1 aromatic carbocycles. The van der Waals surface area contributed by atoms with Gasteiger partial charge in [0.05, 0.1) is 18.2 Å². The van der Waals surface area contributed by atoms with E-state index in [4.69, 9.17) is 0 Å². The van der Waals surface area contributed by atoms with Gasteiger partial charge in [-0.25, -0.2) is 4.79 Å². The van der Waals surface area contributed by atoms with Crippen LogP contribution in [-0.4, -0.2) is 30.5 Å². The summed E-state index contributed by atoms with van der Waals surface area (Å²) in [5, 5.41) is 3.58. The van der Waals surface area contributed by atoms with Gasteiger partial charge in [0.2, 0.25) is 0 Å². The zero-order valence-corrected chi connectivity index (χ0v) is 12.8. The van der Waals surface area contributed by atoms with E-state index in [2.05, 4.69) is 15.0 Å². The Hall–Kier alpha value is -2.69. The highest BCUT2D eigenvalue weighted by atomic mass is 16.5. The summed E-state index contributed by atoms with van der Waals surface area (Å²) in [5.41, 5.74) is 3.22. The predicted octanol–water partition coefficient (Wildman–Crippen LogP) is 2.31. The second kappa shape index (κ2) is 6.85. The molecule has 1 N–H and O–H groups in total. The molecule has 1 heterocycles. The molecule has 0 aliphatic heterocycles. The van der Waals surface area contributed by atoms with Gasteiger partial charge in [0.25, 0.3) is 5.91 Å². The summed E-state index contributed by atoms with van der Waals surface area (Å²) in [4.78, 5) is 27.7. The third kappa shape index (κ3) is 3.69. The highest BCUT2D eigenvalue weighted by Gasteiger charge is 2.11. The molecule has 0 saturated heterocycles. The number of hydrogen-bond acceptors (Lipinski definition) is 4. The molecule has 22 heavy (non-hydrogen) atoms. The van der Waals surface area contributed by atoms with E-state index in [1.165, 1.54) is 13.2 Å². The summed E-state index contributed by atoms with van der Waals surface area (Å²) in [6.07, 6.45) is 2.82. The fourth-order valence-electron chi connectivity index (χ4n) is 2.13. The maximum atomic E-state index is 12.3. The molecule has 5 heteroatoms. The fraction of sp³-hybridized carbons (Fsp3) is 0.235. The van der Waals surface area contributed by atoms with Crippen LogP contribution in [0.1, 0.15) is 21.6 Å². The molecule has 1 amide bonds. The largest absolute Gasteiger partial charge is 0.466 e. The van der Waals surface area contributed by atoms with Gasteiger partial charge in [0.1, 0.15) is 0 Å². The zero-order valence-electron chi connectivity index (χ0n) is 12.8. The van der Waals surface area contributed by atoms with Crippen molar-refractivity contribution in [2.24, 2.45) is 0 Å². The monoisotopic (exact) mass is 298 g/mol. The van der Waals surface area contributed by atoms with Gasteiger partial charge in [-0.05, 0) is 32.0 Å². The first-order chi connectivity index (χ1) is 10.5. The Morgan fingerprint density at radius 1 is 1.27 bits per heavy atom. The SMILES string of the molecule is COC(=O)/C=C/CNC(=O)c1cc(C)nc2ccc(C)cc12. The van der Waals surface area contributed by atoms with E-state index < -0.39 is 5.97 Å². The normalized spacial score (nSPS) is 10.9. The van der Waals surface area contributed by atoms with Crippen molar-refractivity contribution in [3.63, 3.8) is 0 Å². The molecule has 0 saturated carbocycles. The van der Waals surface area contributed by atoms with Crippen molar-refractivity contribution in [2.75, 3.05) is 13.7 Å². The lowest BCUT2D eigenvalue weighted by atomic mass is 10.0. The van der Waals surface area contributed by atoms with Crippen LogP contribution in [0, 0.1) is 13.8 Å². The molecule has 1 aromatic heterocycles. The summed E-state index contributed by atoms with van der Waals surface area (Å²) in [6, 6.07) is 7.59. The van der Waals surface area contributed by atoms with Gasteiger partial charge < -0.3 is 10.1 Å². The number of nitrogens with one attached hydrogen (secondary N) is 1. The molecule has 0 unspecified atom stereocenters. The molecule has 2 rings (SSSR count). The van der Waals surface area contributed by atoms with Gasteiger partial charge in [-0.1, -0.05) is 17.7 Å². The Bertz CT molecular complexity index is 751. The van der Waals surface area contributed by atoms with Crippen LogP contribution in [0.5, 0.6) is 0 Å². The van der Waals surface area contributed by atoms with Crippen molar-refractivity contribution < 1.29 is 14.3 Å². The number of amides is 1. The number of esters is 1. The van der Waals surface area contributed by atoms with Crippen LogP contribution in [0.3, 0.4) is 0 Å². The first-order valence-corrected chi connectivity index (χ1v) is 6.92. The van der Waals surface area contributed by atoms with Crippen LogP contribution < -0.4 is 5.32 Å². The lowest BCUT2D eigenvalue weighted by molar-refractivity contribution is -0.134. The van der Waals surface area contributed by atoms with Gasteiger partial charge in [0.15, 0.2) is 0 Å². The van der Waals surface area contributed by atoms with Crippen LogP contribution in [-0.2, 0) is 9.53 Å². The minimum Gasteiger partial charge on any atom is -0.466 e. The predicted molar refractivity (Wildman–Crippen MR) is 84.7 cm³/mol. The molecule has 0 atom stereocenters. The van der Waals surface area contributed by atoms with Crippen LogP contribution >= 0.6 is 0 Å². The van der Waals surface area contributed by atoms with Gasteiger partial charge in [-0.2, -0.15) is 0 Å². The Morgan fingerprint density at radius 2 is 2.05 bits per heavy atom. The van der Waals surface area contributed by atoms with Crippen molar-refractivity contribution in [3.8, 4) is 0 Å². The number of nitrogens with zero attached hydrogens (tertiary/aromatic N) is 1. The Kier molecular flexibility index (Phi) is 4.88. The molecular weight excluding hydrogens is 280 g/mol. The fourth-order valence-corrected chi connectivity index (χ4v) is 2.13. The Labute approximate surface area is 129 Å². The molecule has 0 aliphatic rings. The number of carbonyl (C=O) groups is 2. The molecule has 5 nitrogen and oxygen atoms in total. The maximum absolute atomic E-state index is 12.3. The number of fused-ring (bicyclic) bond motifs is 1. The third-order valence-corrected chi connectivity index (χ3v) is 3.17. The van der Waals surface area contributed by atoms with Crippen LogP contribution in [0.2, 0.25) is 0 Å². The van der Waals surface area contributed by atoms with Crippen molar-refractivity contribution >= 4 is 22.8 Å². The molecule has 0 bridgehead atoms. The average molecular weight is 298 g/mol. The lowest BCUT2D eigenvalue weighted by Gasteiger charge is -2.08. The number of ether oxygens (including phenoxy) is 1. The second-order valence-corrected chi connectivity index (χ2v) is 4.97. The Morgan fingerprint density at radius 3 is 2.77 bits per heavy atom. The van der Waals surface area contributed by atoms with Crippen molar-refractivity contribution in [1.29, 1.82) is 0 Å². The first-order valence-electron chi connectivity index (χ1n) is 6.92. The smallest absolute Gasteiger partial charge is 0.330 e. The molecule has 0 radical (unpaired) electrons. The van der Waals surface area contributed by atoms with Crippen molar-refractivity contribution in [2.45, 2.75) is 13.8 Å². The minimum absolute atomic E-state index is 0.199. The van der Waals surface area contributed by atoms with E-state index in [1.54, 1.807) is 12.1 Å². The molecule has 0 aliphatic carbocycles. The summed E-state index contributed by atoms with van der Waals surface area (Å²) < 4.78 is 4.48. The van der Waals surface area contributed by atoms with Gasteiger partial charge in [-0.15, -0.1) is 0 Å². The molecule has 0 fully saturated rings. The minimum atomic E-state index is -0.449. The van der Waals surface area contributed by atoms with E-state index in [9.17, 15) is 9.59 Å². The summed E-state index contributed by atoms with van der Waals surface area (Å²) in [6.45, 7) is 4.08. The summed E-state index contributed by atoms with van der Waals surface area (Å²) in [7, 11) is 1.31. The highest BCUT2D eigenvalue weighted by Crippen LogP contribution is 2.19. The van der Waals surface area contributed by atoms with Gasteiger partial charge in [0, 0.05) is 23.7 Å². The standard InChI is InChI=1S/C17H18N2O3/c1-11-6-7-15-13(9-11)14(10-12(2)19-15)17(21)18-8-4-5-16(20)22-3/h4-7,9-10H,8H2,1-3H3,(H,18,21)/b5-4+. The number of benzene rings is 1. The number of aryl methyl sites for hydroxylation is 2. The number of rotatable bonds is 4. The lowest BCUT2D eigenvalue weighted by Crippen LogP contribution is -2.24. The van der Waals surface area contributed by atoms with Crippen LogP contribution in [0.25, 0.3) is 10.9 Å². The van der Waals surface area contributed by atoms with Crippen LogP contribution in [0.4, 0.5) is 0 Å². The second-order valence-electron chi connectivity index (χ2n) is 4.97.